The van der Waals surface area contributed by atoms with E-state index in [-0.39, 0.29) is 11.8 Å². The van der Waals surface area contributed by atoms with Crippen LogP contribution in [0.5, 0.6) is 0 Å². The highest BCUT2D eigenvalue weighted by Gasteiger charge is 2.15. The van der Waals surface area contributed by atoms with E-state index in [1.165, 1.54) is 11.1 Å². The van der Waals surface area contributed by atoms with Crippen molar-refractivity contribution in [2.75, 3.05) is 6.26 Å². The van der Waals surface area contributed by atoms with E-state index in [0.717, 1.165) is 16.6 Å². The molecule has 6 heteroatoms. The Morgan fingerprint density at radius 1 is 1.29 bits per heavy atom. The summed E-state index contributed by atoms with van der Waals surface area (Å²) in [7, 11) is 0. The molecule has 0 spiro atoms. The summed E-state index contributed by atoms with van der Waals surface area (Å²) in [4.78, 5) is 17.8. The van der Waals surface area contributed by atoms with Gasteiger partial charge in [0.25, 0.3) is 11.6 Å². The molecule has 0 unspecified atom stereocenters. The molecule has 0 saturated carbocycles. The minimum Gasteiger partial charge on any atom is -0.348 e. The molecule has 0 fully saturated rings. The maximum Gasteiger partial charge on any atom is 0.257 e. The van der Waals surface area contributed by atoms with Gasteiger partial charge in [0.05, 0.1) is 16.6 Å². The van der Waals surface area contributed by atoms with E-state index in [0.29, 0.717) is 17.8 Å². The van der Waals surface area contributed by atoms with Gasteiger partial charge in [-0.15, -0.1) is 11.8 Å². The van der Waals surface area contributed by atoms with Gasteiger partial charge in [-0.05, 0) is 35.9 Å². The van der Waals surface area contributed by atoms with Gasteiger partial charge in [-0.1, -0.05) is 31.1 Å². The van der Waals surface area contributed by atoms with E-state index < -0.39 is 0 Å². The van der Waals surface area contributed by atoms with Crippen LogP contribution < -0.4 is 5.32 Å². The van der Waals surface area contributed by atoms with Gasteiger partial charge in [0.1, 0.15) is 0 Å². The van der Waals surface area contributed by atoms with Gasteiger partial charge >= 0.3 is 0 Å². The zero-order chi connectivity index (χ0) is 17.1. The first-order chi connectivity index (χ1) is 11.6. The molecule has 0 bridgehead atoms. The molecule has 0 aliphatic rings. The summed E-state index contributed by atoms with van der Waals surface area (Å²) >= 11 is 1.69. The minimum atomic E-state index is -0.158. The van der Waals surface area contributed by atoms with Crippen LogP contribution in [0, 0.1) is 0 Å². The number of pyridine rings is 1. The van der Waals surface area contributed by atoms with Crippen molar-refractivity contribution in [3.8, 4) is 0 Å². The Balaban J connectivity index is 1.74. The van der Waals surface area contributed by atoms with Crippen molar-refractivity contribution in [2.45, 2.75) is 31.2 Å². The molecule has 0 aliphatic carbocycles. The van der Waals surface area contributed by atoms with Crippen LogP contribution in [0.2, 0.25) is 0 Å². The van der Waals surface area contributed by atoms with Crippen molar-refractivity contribution < 1.29 is 9.32 Å². The van der Waals surface area contributed by atoms with Crippen LogP contribution in [0.4, 0.5) is 0 Å². The maximum absolute atomic E-state index is 12.4. The predicted molar refractivity (Wildman–Crippen MR) is 95.3 cm³/mol. The van der Waals surface area contributed by atoms with Crippen LogP contribution in [0.3, 0.4) is 0 Å². The molecule has 2 heterocycles. The van der Waals surface area contributed by atoms with Gasteiger partial charge in [-0.2, -0.15) is 0 Å². The number of rotatable bonds is 5. The van der Waals surface area contributed by atoms with E-state index >= 15 is 0 Å². The van der Waals surface area contributed by atoms with Crippen LogP contribution >= 0.6 is 11.8 Å². The van der Waals surface area contributed by atoms with Crippen LogP contribution in [-0.2, 0) is 6.54 Å². The minimum absolute atomic E-state index is 0.158. The highest BCUT2D eigenvalue weighted by molar-refractivity contribution is 7.98. The second-order valence-electron chi connectivity index (χ2n) is 5.83. The van der Waals surface area contributed by atoms with Gasteiger partial charge in [0.2, 0.25) is 0 Å². The molecule has 0 radical (unpaired) electrons. The molecule has 1 aromatic carbocycles. The maximum atomic E-state index is 12.4. The number of carbonyl (C=O) groups excluding carboxylic acids is 1. The zero-order valence-corrected chi connectivity index (χ0v) is 14.7. The van der Waals surface area contributed by atoms with Crippen molar-refractivity contribution >= 4 is 28.8 Å². The van der Waals surface area contributed by atoms with Gasteiger partial charge < -0.3 is 9.84 Å². The Hall–Kier alpha value is -2.34. The fourth-order valence-electron chi connectivity index (χ4n) is 2.42. The highest BCUT2D eigenvalue weighted by atomic mass is 32.2. The SMILES string of the molecule is CSc1ccc(CNC(=O)c2cnc3onc(C(C)C)c3c2)cc1. The number of nitrogens with zero attached hydrogens (tertiary/aromatic N) is 2. The summed E-state index contributed by atoms with van der Waals surface area (Å²) in [5, 5.41) is 7.75. The number of hydrogen-bond donors (Lipinski definition) is 1. The molecule has 2 aromatic heterocycles. The van der Waals surface area contributed by atoms with Crippen molar-refractivity contribution in [1.82, 2.24) is 15.5 Å². The lowest BCUT2D eigenvalue weighted by Gasteiger charge is -2.06. The quantitative estimate of drug-likeness (QED) is 0.711. The summed E-state index contributed by atoms with van der Waals surface area (Å²) in [6, 6.07) is 9.92. The van der Waals surface area contributed by atoms with Gasteiger partial charge in [0.15, 0.2) is 0 Å². The van der Waals surface area contributed by atoms with Gasteiger partial charge in [-0.25, -0.2) is 4.98 Å². The Bertz CT molecular complexity index is 856. The van der Waals surface area contributed by atoms with E-state index in [1.807, 2.05) is 44.4 Å². The molecule has 3 rings (SSSR count). The molecule has 24 heavy (non-hydrogen) atoms. The number of amides is 1. The number of aromatic nitrogens is 2. The monoisotopic (exact) mass is 341 g/mol. The third kappa shape index (κ3) is 3.43. The third-order valence-corrected chi connectivity index (χ3v) is 4.52. The summed E-state index contributed by atoms with van der Waals surface area (Å²) in [6.07, 6.45) is 3.56. The van der Waals surface area contributed by atoms with Crippen molar-refractivity contribution in [3.63, 3.8) is 0 Å². The molecule has 0 saturated heterocycles. The number of fused-ring (bicyclic) bond motifs is 1. The molecule has 1 amide bonds. The second kappa shape index (κ2) is 7.05. The lowest BCUT2D eigenvalue weighted by atomic mass is 10.1. The van der Waals surface area contributed by atoms with E-state index in [1.54, 1.807) is 17.8 Å². The Morgan fingerprint density at radius 3 is 2.71 bits per heavy atom. The topological polar surface area (TPSA) is 68.0 Å². The predicted octanol–water partition coefficient (Wildman–Crippen LogP) is 4.00. The van der Waals surface area contributed by atoms with Crippen molar-refractivity contribution in [2.24, 2.45) is 0 Å². The van der Waals surface area contributed by atoms with Crippen LogP contribution in [0.15, 0.2) is 45.9 Å². The van der Waals surface area contributed by atoms with Crippen molar-refractivity contribution in [3.05, 3.63) is 53.3 Å². The first-order valence-corrected chi connectivity index (χ1v) is 8.97. The van der Waals surface area contributed by atoms with E-state index in [9.17, 15) is 4.79 Å². The highest BCUT2D eigenvalue weighted by Crippen LogP contribution is 2.24. The fraction of sp³-hybridized carbons (Fsp3) is 0.278. The molecule has 3 aromatic rings. The first-order valence-electron chi connectivity index (χ1n) is 7.75. The summed E-state index contributed by atoms with van der Waals surface area (Å²) in [5.74, 6) is 0.0514. The molecule has 0 aliphatic heterocycles. The largest absolute Gasteiger partial charge is 0.348 e. The summed E-state index contributed by atoms with van der Waals surface area (Å²) in [6.45, 7) is 4.54. The second-order valence-corrected chi connectivity index (χ2v) is 6.71. The lowest BCUT2D eigenvalue weighted by Crippen LogP contribution is -2.22. The average molecular weight is 341 g/mol. The molecule has 0 atom stereocenters. The third-order valence-electron chi connectivity index (χ3n) is 3.78. The number of thioether (sulfide) groups is 1. The first kappa shape index (κ1) is 16.5. The molecule has 124 valence electrons. The van der Waals surface area contributed by atoms with Gasteiger partial charge in [0, 0.05) is 17.6 Å². The molecule has 5 nitrogen and oxygen atoms in total. The molecular weight excluding hydrogens is 322 g/mol. The zero-order valence-electron chi connectivity index (χ0n) is 13.9. The lowest BCUT2D eigenvalue weighted by molar-refractivity contribution is 0.0950. The normalized spacial score (nSPS) is 11.2. The van der Waals surface area contributed by atoms with E-state index in [2.05, 4.69) is 15.5 Å². The standard InChI is InChI=1S/C18H19N3O2S/c1-11(2)16-15-8-13(10-20-18(15)23-21-16)17(22)19-9-12-4-6-14(24-3)7-5-12/h4-8,10-11H,9H2,1-3H3,(H,19,22). The summed E-state index contributed by atoms with van der Waals surface area (Å²) in [5.41, 5.74) is 2.85. The Labute approximate surface area is 144 Å². The summed E-state index contributed by atoms with van der Waals surface area (Å²) < 4.78 is 5.20. The number of benzene rings is 1. The Morgan fingerprint density at radius 2 is 2.04 bits per heavy atom. The smallest absolute Gasteiger partial charge is 0.257 e. The van der Waals surface area contributed by atoms with Crippen LogP contribution in [-0.4, -0.2) is 22.3 Å². The molecular formula is C18H19N3O2S. The van der Waals surface area contributed by atoms with Crippen LogP contribution in [0.25, 0.3) is 11.1 Å². The fourth-order valence-corrected chi connectivity index (χ4v) is 2.83. The number of carbonyl (C=O) groups is 1. The van der Waals surface area contributed by atoms with Crippen molar-refractivity contribution in [1.29, 1.82) is 0 Å². The van der Waals surface area contributed by atoms with E-state index in [4.69, 9.17) is 4.52 Å². The average Bonchev–Trinajstić information content (AvgIpc) is 3.03. The number of nitrogens with one attached hydrogen (secondary N) is 1. The number of hydrogen-bond acceptors (Lipinski definition) is 5. The Kier molecular flexibility index (Phi) is 4.85. The van der Waals surface area contributed by atoms with Crippen LogP contribution in [0.1, 0.15) is 41.4 Å². The molecule has 1 N–H and O–H groups in total. The van der Waals surface area contributed by atoms with Gasteiger partial charge in [-0.3, -0.25) is 4.79 Å².